The van der Waals surface area contributed by atoms with E-state index in [1.54, 1.807) is 19.1 Å². The third-order valence-electron chi connectivity index (χ3n) is 4.86. The smallest absolute Gasteiger partial charge is 0.243 e. The van der Waals surface area contributed by atoms with Crippen LogP contribution in [0.5, 0.6) is 0 Å². The molecule has 0 unspecified atom stereocenters. The number of ether oxygens (including phenoxy) is 2. The second-order valence-electron chi connectivity index (χ2n) is 6.77. The van der Waals surface area contributed by atoms with Gasteiger partial charge in [0.15, 0.2) is 0 Å². The van der Waals surface area contributed by atoms with Crippen LogP contribution in [-0.2, 0) is 26.1 Å². The maximum atomic E-state index is 13.3. The molecular formula is C22H26N2O5S. The van der Waals surface area contributed by atoms with E-state index in [-0.39, 0.29) is 11.6 Å². The number of hydrogen-bond acceptors (Lipinski definition) is 6. The molecule has 0 aliphatic rings. The van der Waals surface area contributed by atoms with Crippen LogP contribution in [-0.4, -0.2) is 34.0 Å². The fourth-order valence-corrected chi connectivity index (χ4v) is 4.56. The van der Waals surface area contributed by atoms with Gasteiger partial charge in [-0.25, -0.2) is 8.42 Å². The van der Waals surface area contributed by atoms with Crippen molar-refractivity contribution in [1.29, 1.82) is 0 Å². The number of sulfonamides is 1. The lowest BCUT2D eigenvalue weighted by molar-refractivity contribution is 0.134. The summed E-state index contributed by atoms with van der Waals surface area (Å²) in [6.07, 6.45) is 0. The standard InChI is InChI=1S/C22H26N2O5S/c1-5-28-13-17-9-6-7-10-18(17)19-11-8-12-20(21-15(2)16(3)29-24-21)22(19)30(25,26)23-14-27-4/h6-12,23H,5,13-14H2,1-4H3. The third kappa shape index (κ3) is 4.46. The minimum atomic E-state index is -3.92. The van der Waals surface area contributed by atoms with Crippen molar-refractivity contribution < 1.29 is 22.4 Å². The number of nitrogens with one attached hydrogen (secondary N) is 1. The minimum absolute atomic E-state index is 0.127. The Morgan fingerprint density at radius 1 is 1.03 bits per heavy atom. The summed E-state index contributed by atoms with van der Waals surface area (Å²) in [6, 6.07) is 13.0. The van der Waals surface area contributed by atoms with E-state index < -0.39 is 10.0 Å². The Hall–Kier alpha value is -2.52. The summed E-state index contributed by atoms with van der Waals surface area (Å²) < 4.78 is 45.0. The van der Waals surface area contributed by atoms with Crippen molar-refractivity contribution in [3.8, 4) is 22.4 Å². The van der Waals surface area contributed by atoms with E-state index in [4.69, 9.17) is 14.0 Å². The van der Waals surface area contributed by atoms with Gasteiger partial charge in [0.1, 0.15) is 18.2 Å². The molecule has 7 nitrogen and oxygen atoms in total. The molecule has 1 heterocycles. The predicted molar refractivity (Wildman–Crippen MR) is 114 cm³/mol. The van der Waals surface area contributed by atoms with E-state index in [1.165, 1.54) is 7.11 Å². The van der Waals surface area contributed by atoms with Crippen LogP contribution in [0.4, 0.5) is 0 Å². The number of rotatable bonds is 9. The van der Waals surface area contributed by atoms with Gasteiger partial charge in [-0.3, -0.25) is 0 Å². The van der Waals surface area contributed by atoms with Gasteiger partial charge in [-0.05, 0) is 31.9 Å². The zero-order valence-electron chi connectivity index (χ0n) is 17.6. The molecule has 0 spiro atoms. The number of aromatic nitrogens is 1. The van der Waals surface area contributed by atoms with Crippen molar-refractivity contribution in [2.75, 3.05) is 20.4 Å². The molecule has 3 rings (SSSR count). The van der Waals surface area contributed by atoms with Crippen molar-refractivity contribution in [3.63, 3.8) is 0 Å². The fraction of sp³-hybridized carbons (Fsp3) is 0.318. The number of hydrogen-bond donors (Lipinski definition) is 1. The summed E-state index contributed by atoms with van der Waals surface area (Å²) in [5.41, 5.74) is 3.99. The highest BCUT2D eigenvalue weighted by Gasteiger charge is 2.27. The van der Waals surface area contributed by atoms with E-state index in [0.29, 0.717) is 35.8 Å². The van der Waals surface area contributed by atoms with Crippen molar-refractivity contribution in [3.05, 3.63) is 59.4 Å². The molecule has 8 heteroatoms. The van der Waals surface area contributed by atoms with Gasteiger partial charge in [-0.2, -0.15) is 4.72 Å². The molecule has 0 aliphatic carbocycles. The molecule has 0 amide bonds. The highest BCUT2D eigenvalue weighted by Crippen LogP contribution is 2.38. The van der Waals surface area contributed by atoms with E-state index in [0.717, 1.165) is 16.7 Å². The molecule has 0 radical (unpaired) electrons. The molecule has 1 N–H and O–H groups in total. The Kier molecular flexibility index (Phi) is 7.04. The van der Waals surface area contributed by atoms with Crippen LogP contribution in [0.1, 0.15) is 23.8 Å². The fourth-order valence-electron chi connectivity index (χ4n) is 3.22. The Morgan fingerprint density at radius 3 is 2.40 bits per heavy atom. The lowest BCUT2D eigenvalue weighted by Gasteiger charge is -2.17. The normalized spacial score (nSPS) is 11.7. The summed E-state index contributed by atoms with van der Waals surface area (Å²) in [5.74, 6) is 0.639. The number of benzene rings is 2. The molecule has 30 heavy (non-hydrogen) atoms. The highest BCUT2D eigenvalue weighted by molar-refractivity contribution is 7.89. The molecule has 0 saturated carbocycles. The lowest BCUT2D eigenvalue weighted by Crippen LogP contribution is -2.27. The van der Waals surface area contributed by atoms with Gasteiger partial charge in [0, 0.05) is 30.4 Å². The van der Waals surface area contributed by atoms with Crippen molar-refractivity contribution in [1.82, 2.24) is 9.88 Å². The van der Waals surface area contributed by atoms with Gasteiger partial charge in [0.2, 0.25) is 10.0 Å². The van der Waals surface area contributed by atoms with Crippen LogP contribution in [0.25, 0.3) is 22.4 Å². The first-order chi connectivity index (χ1) is 14.4. The van der Waals surface area contributed by atoms with E-state index in [2.05, 4.69) is 9.88 Å². The van der Waals surface area contributed by atoms with Crippen LogP contribution in [0.2, 0.25) is 0 Å². The SMILES string of the molecule is CCOCc1ccccc1-c1cccc(-c2noc(C)c2C)c1S(=O)(=O)NCOC. The molecule has 2 aromatic carbocycles. The molecule has 0 atom stereocenters. The van der Waals surface area contributed by atoms with E-state index in [1.807, 2.05) is 44.2 Å². The maximum Gasteiger partial charge on any atom is 0.243 e. The number of aryl methyl sites for hydroxylation is 1. The van der Waals surface area contributed by atoms with Gasteiger partial charge in [0.05, 0.1) is 11.5 Å². The molecule has 0 bridgehead atoms. The van der Waals surface area contributed by atoms with Gasteiger partial charge in [-0.1, -0.05) is 47.6 Å². The first kappa shape index (κ1) is 22.2. The van der Waals surface area contributed by atoms with Crippen LogP contribution in [0.3, 0.4) is 0 Å². The lowest BCUT2D eigenvalue weighted by atomic mass is 9.96. The second kappa shape index (κ2) is 9.53. The second-order valence-corrected chi connectivity index (χ2v) is 8.47. The number of methoxy groups -OCH3 is 1. The molecule has 3 aromatic rings. The third-order valence-corrected chi connectivity index (χ3v) is 6.33. The zero-order valence-corrected chi connectivity index (χ0v) is 18.4. The average molecular weight is 431 g/mol. The molecule has 1 aromatic heterocycles. The van der Waals surface area contributed by atoms with E-state index >= 15 is 0 Å². The minimum Gasteiger partial charge on any atom is -0.377 e. The first-order valence-electron chi connectivity index (χ1n) is 9.61. The summed E-state index contributed by atoms with van der Waals surface area (Å²) in [5, 5.41) is 4.12. The number of nitrogens with zero attached hydrogens (tertiary/aromatic N) is 1. The Balaban J connectivity index is 2.30. The van der Waals surface area contributed by atoms with Gasteiger partial charge >= 0.3 is 0 Å². The zero-order chi connectivity index (χ0) is 21.7. The van der Waals surface area contributed by atoms with Gasteiger partial charge in [0.25, 0.3) is 0 Å². The largest absolute Gasteiger partial charge is 0.377 e. The predicted octanol–water partition coefficient (Wildman–Crippen LogP) is 4.04. The van der Waals surface area contributed by atoms with Crippen molar-refractivity contribution in [2.45, 2.75) is 32.3 Å². The van der Waals surface area contributed by atoms with E-state index in [9.17, 15) is 8.42 Å². The van der Waals surface area contributed by atoms with Crippen molar-refractivity contribution in [2.24, 2.45) is 0 Å². The molecule has 0 aliphatic heterocycles. The highest BCUT2D eigenvalue weighted by atomic mass is 32.2. The summed E-state index contributed by atoms with van der Waals surface area (Å²) in [6.45, 7) is 6.37. The first-order valence-corrected chi connectivity index (χ1v) is 11.1. The Labute approximate surface area is 177 Å². The van der Waals surface area contributed by atoms with Crippen LogP contribution < -0.4 is 4.72 Å². The topological polar surface area (TPSA) is 90.7 Å². The summed E-state index contributed by atoms with van der Waals surface area (Å²) in [4.78, 5) is 0.127. The maximum absolute atomic E-state index is 13.3. The van der Waals surface area contributed by atoms with Crippen LogP contribution in [0, 0.1) is 13.8 Å². The summed E-state index contributed by atoms with van der Waals surface area (Å²) >= 11 is 0. The summed E-state index contributed by atoms with van der Waals surface area (Å²) in [7, 11) is -2.49. The molecular weight excluding hydrogens is 404 g/mol. The van der Waals surface area contributed by atoms with Gasteiger partial charge in [-0.15, -0.1) is 0 Å². The molecule has 0 fully saturated rings. The van der Waals surface area contributed by atoms with Crippen LogP contribution in [0.15, 0.2) is 51.9 Å². The Bertz CT molecular complexity index is 1120. The Morgan fingerprint density at radius 2 is 1.73 bits per heavy atom. The van der Waals surface area contributed by atoms with Gasteiger partial charge < -0.3 is 14.0 Å². The van der Waals surface area contributed by atoms with Crippen LogP contribution >= 0.6 is 0 Å². The average Bonchev–Trinajstić information content (AvgIpc) is 3.08. The molecule has 0 saturated heterocycles. The monoisotopic (exact) mass is 430 g/mol. The quantitative estimate of drug-likeness (QED) is 0.515. The van der Waals surface area contributed by atoms with Crippen molar-refractivity contribution >= 4 is 10.0 Å². The molecule has 160 valence electrons.